The molecule has 1 fully saturated rings. The minimum atomic E-state index is 0.493. The van der Waals surface area contributed by atoms with Crippen molar-refractivity contribution in [2.45, 2.75) is 47.0 Å². The summed E-state index contributed by atoms with van der Waals surface area (Å²) >= 11 is 1.57. The Morgan fingerprint density at radius 1 is 1.30 bits per heavy atom. The van der Waals surface area contributed by atoms with Gasteiger partial charge in [-0.1, -0.05) is 46.4 Å². The Balaban J connectivity index is 0.000000254. The molecule has 2 N–H and O–H groups in total. The van der Waals surface area contributed by atoms with Gasteiger partial charge in [-0.3, -0.25) is 0 Å². The Kier molecular flexibility index (Phi) is 10.4. The van der Waals surface area contributed by atoms with Gasteiger partial charge in [-0.2, -0.15) is 0 Å². The first-order chi connectivity index (χ1) is 13.1. The summed E-state index contributed by atoms with van der Waals surface area (Å²) in [7, 11) is 0. The zero-order valence-electron chi connectivity index (χ0n) is 17.2. The van der Waals surface area contributed by atoms with Crippen molar-refractivity contribution >= 4 is 23.2 Å². The summed E-state index contributed by atoms with van der Waals surface area (Å²) in [5.41, 5.74) is 8.81. The number of aromatic nitrogens is 2. The molecule has 0 radical (unpaired) electrons. The maximum Gasteiger partial charge on any atom is 0.131 e. The van der Waals surface area contributed by atoms with Crippen LogP contribution in [0.2, 0.25) is 0 Å². The number of thiazole rings is 1. The number of nitrogens with zero attached hydrogens (tertiary/aromatic N) is 3. The highest BCUT2D eigenvalue weighted by molar-refractivity contribution is 7.13. The standard InChI is InChI=1S/C10H9N3S.C10H19N.C2H6/c1-2-7-8(3-4-12-9(7)11)10-13-5-6-14-10;1-4-10-5-7-11(8-6-10)9(2)3;1-2/h2-6H,1H2,(H2,11,12);10H,2,4-8H2,1,3H3;1-2H3. The molecule has 0 spiro atoms. The topological polar surface area (TPSA) is 55.0 Å². The van der Waals surface area contributed by atoms with Crippen LogP contribution in [-0.4, -0.2) is 28.0 Å². The monoisotopic (exact) mass is 386 g/mol. The van der Waals surface area contributed by atoms with Crippen LogP contribution in [0.5, 0.6) is 0 Å². The minimum absolute atomic E-state index is 0.493. The normalized spacial score (nSPS) is 13.7. The summed E-state index contributed by atoms with van der Waals surface area (Å²) in [5.74, 6) is 1.47. The van der Waals surface area contributed by atoms with Crippen LogP contribution in [0.15, 0.2) is 42.7 Å². The van der Waals surface area contributed by atoms with Crippen LogP contribution in [-0.2, 0) is 0 Å². The first-order valence-electron chi connectivity index (χ1n) is 9.74. The maximum atomic E-state index is 5.73. The van der Waals surface area contributed by atoms with E-state index in [0.29, 0.717) is 5.82 Å². The smallest absolute Gasteiger partial charge is 0.131 e. The lowest BCUT2D eigenvalue weighted by molar-refractivity contribution is 0.224. The molecule has 0 saturated carbocycles. The van der Waals surface area contributed by atoms with Crippen molar-refractivity contribution in [3.8, 4) is 10.6 Å². The predicted octanol–water partition coefficient (Wildman–Crippen LogP) is 6.10. The Morgan fingerprint density at radius 3 is 2.44 bits per heavy atom. The van der Waals surface area contributed by atoms with E-state index in [1.807, 2.05) is 25.3 Å². The molecule has 0 bridgehead atoms. The third kappa shape index (κ3) is 6.83. The number of piperidine rings is 1. The summed E-state index contributed by atoms with van der Waals surface area (Å²) in [6.07, 6.45) is 9.23. The summed E-state index contributed by atoms with van der Waals surface area (Å²) in [5, 5.41) is 2.87. The number of likely N-dealkylation sites (tertiary alicyclic amines) is 1. The van der Waals surface area contributed by atoms with Gasteiger partial charge in [0.15, 0.2) is 0 Å². The lowest BCUT2D eigenvalue weighted by atomic mass is 9.94. The van der Waals surface area contributed by atoms with Gasteiger partial charge >= 0.3 is 0 Å². The molecular formula is C22H34N4S. The van der Waals surface area contributed by atoms with Crippen molar-refractivity contribution in [1.82, 2.24) is 14.9 Å². The van der Waals surface area contributed by atoms with E-state index in [0.717, 1.165) is 22.1 Å². The molecule has 3 rings (SSSR count). The molecule has 27 heavy (non-hydrogen) atoms. The third-order valence-electron chi connectivity index (χ3n) is 4.62. The molecule has 2 aromatic heterocycles. The minimum Gasteiger partial charge on any atom is -0.383 e. The zero-order chi connectivity index (χ0) is 20.2. The molecule has 0 aliphatic carbocycles. The fourth-order valence-electron chi connectivity index (χ4n) is 2.97. The molecule has 148 valence electrons. The lowest BCUT2D eigenvalue weighted by Gasteiger charge is -2.33. The molecule has 2 aromatic rings. The summed E-state index contributed by atoms with van der Waals surface area (Å²) in [6, 6.07) is 1.90. The van der Waals surface area contributed by atoms with Crippen molar-refractivity contribution in [2.24, 2.45) is 5.92 Å². The number of pyridine rings is 1. The van der Waals surface area contributed by atoms with Gasteiger partial charge in [0.05, 0.1) is 0 Å². The molecule has 0 atom stereocenters. The average Bonchev–Trinajstić information content (AvgIpc) is 3.24. The second-order valence-electron chi connectivity index (χ2n) is 6.27. The van der Waals surface area contributed by atoms with E-state index in [9.17, 15) is 0 Å². The van der Waals surface area contributed by atoms with Crippen molar-refractivity contribution in [3.63, 3.8) is 0 Å². The van der Waals surface area contributed by atoms with Gasteiger partial charge in [0.2, 0.25) is 0 Å². The van der Waals surface area contributed by atoms with Crippen LogP contribution >= 0.6 is 11.3 Å². The number of nitrogen functional groups attached to an aromatic ring is 1. The van der Waals surface area contributed by atoms with Crippen LogP contribution < -0.4 is 5.73 Å². The molecule has 0 aromatic carbocycles. The summed E-state index contributed by atoms with van der Waals surface area (Å²) < 4.78 is 0. The van der Waals surface area contributed by atoms with E-state index < -0.39 is 0 Å². The van der Waals surface area contributed by atoms with E-state index in [1.165, 1.54) is 38.0 Å². The Labute approximate surface area is 168 Å². The molecule has 4 nitrogen and oxygen atoms in total. The van der Waals surface area contributed by atoms with Gasteiger partial charge in [0, 0.05) is 47.7 Å². The maximum absolute atomic E-state index is 5.73. The second-order valence-corrected chi connectivity index (χ2v) is 7.17. The largest absolute Gasteiger partial charge is 0.383 e. The first kappa shape index (κ1) is 22.9. The number of nitrogens with two attached hydrogens (primary N) is 1. The SMILES string of the molecule is C=C(C)N1CCC(CC)CC1.C=Cc1c(-c2nccs2)ccnc1N.CC. The van der Waals surface area contributed by atoms with Gasteiger partial charge in [0.1, 0.15) is 10.8 Å². The molecule has 5 heteroatoms. The quantitative estimate of drug-likeness (QED) is 0.690. The van der Waals surface area contributed by atoms with Crippen LogP contribution in [0.3, 0.4) is 0 Å². The summed E-state index contributed by atoms with van der Waals surface area (Å²) in [6.45, 7) is 18.5. The third-order valence-corrected chi connectivity index (χ3v) is 5.43. The lowest BCUT2D eigenvalue weighted by Crippen LogP contribution is -2.31. The number of rotatable bonds is 4. The molecule has 0 amide bonds. The highest BCUT2D eigenvalue weighted by Crippen LogP contribution is 2.28. The van der Waals surface area contributed by atoms with Crippen LogP contribution in [0, 0.1) is 5.92 Å². The van der Waals surface area contributed by atoms with E-state index >= 15 is 0 Å². The predicted molar refractivity (Wildman–Crippen MR) is 121 cm³/mol. The van der Waals surface area contributed by atoms with E-state index in [-0.39, 0.29) is 0 Å². The molecule has 3 heterocycles. The fourth-order valence-corrected chi connectivity index (χ4v) is 3.65. The number of hydrogen-bond acceptors (Lipinski definition) is 5. The molecule has 1 aliphatic heterocycles. The van der Waals surface area contributed by atoms with Crippen LogP contribution in [0.25, 0.3) is 16.6 Å². The molecule has 1 aliphatic rings. The van der Waals surface area contributed by atoms with Crippen LogP contribution in [0.1, 0.15) is 52.5 Å². The summed E-state index contributed by atoms with van der Waals surface area (Å²) in [4.78, 5) is 10.6. The van der Waals surface area contributed by atoms with Gasteiger partial charge in [0.25, 0.3) is 0 Å². The van der Waals surface area contributed by atoms with Gasteiger partial charge < -0.3 is 10.6 Å². The molecule has 0 unspecified atom stereocenters. The number of allylic oxidation sites excluding steroid dienone is 1. The van der Waals surface area contributed by atoms with Crippen molar-refractivity contribution in [1.29, 1.82) is 0 Å². The second kappa shape index (κ2) is 12.3. The van der Waals surface area contributed by atoms with Gasteiger partial charge in [-0.25, -0.2) is 9.97 Å². The number of hydrogen-bond donors (Lipinski definition) is 1. The van der Waals surface area contributed by atoms with E-state index in [1.54, 1.807) is 29.8 Å². The average molecular weight is 387 g/mol. The Bertz CT molecular complexity index is 686. The highest BCUT2D eigenvalue weighted by atomic mass is 32.1. The van der Waals surface area contributed by atoms with Gasteiger partial charge in [-0.05, 0) is 31.7 Å². The van der Waals surface area contributed by atoms with Crippen molar-refractivity contribution < 1.29 is 0 Å². The highest BCUT2D eigenvalue weighted by Gasteiger charge is 2.16. The van der Waals surface area contributed by atoms with E-state index in [4.69, 9.17) is 5.73 Å². The van der Waals surface area contributed by atoms with Gasteiger partial charge in [-0.15, -0.1) is 11.3 Å². The number of anilines is 1. The molecular weight excluding hydrogens is 352 g/mol. The van der Waals surface area contributed by atoms with Crippen molar-refractivity contribution in [3.05, 3.63) is 48.3 Å². The van der Waals surface area contributed by atoms with E-state index in [2.05, 4.69) is 41.9 Å². The zero-order valence-corrected chi connectivity index (χ0v) is 18.1. The fraction of sp³-hybridized carbons (Fsp3) is 0.455. The van der Waals surface area contributed by atoms with Crippen LogP contribution in [0.4, 0.5) is 5.82 Å². The molecule has 1 saturated heterocycles. The Morgan fingerprint density at radius 2 is 1.96 bits per heavy atom. The van der Waals surface area contributed by atoms with Crippen molar-refractivity contribution in [2.75, 3.05) is 18.8 Å². The first-order valence-corrected chi connectivity index (χ1v) is 10.6. The Hall–Kier alpha value is -2.14.